The van der Waals surface area contributed by atoms with Gasteiger partial charge in [-0.1, -0.05) is 206 Å². The minimum Gasteiger partial charge on any atom is -0.394 e. The Morgan fingerprint density at radius 2 is 0.820 bits per heavy atom. The van der Waals surface area contributed by atoms with Crippen LogP contribution >= 0.6 is 0 Å². The number of hydrogen-bond donors (Lipinski definition) is 5. The van der Waals surface area contributed by atoms with Crippen LogP contribution in [-0.2, 0) is 4.79 Å². The van der Waals surface area contributed by atoms with Crippen molar-refractivity contribution >= 4 is 5.91 Å². The van der Waals surface area contributed by atoms with Crippen LogP contribution < -0.4 is 5.32 Å². The van der Waals surface area contributed by atoms with Crippen LogP contribution in [0.2, 0.25) is 0 Å². The predicted molar refractivity (Wildman–Crippen MR) is 215 cm³/mol. The van der Waals surface area contributed by atoms with E-state index in [9.17, 15) is 25.2 Å². The Labute approximate surface area is 311 Å². The summed E-state index contributed by atoms with van der Waals surface area (Å²) < 4.78 is 0. The lowest BCUT2D eigenvalue weighted by Crippen LogP contribution is -2.53. The second kappa shape index (κ2) is 39.3. The van der Waals surface area contributed by atoms with Gasteiger partial charge in [0.05, 0.1) is 18.8 Å². The zero-order valence-electron chi connectivity index (χ0n) is 33.4. The summed E-state index contributed by atoms with van der Waals surface area (Å²) in [4.78, 5) is 12.5. The average molecular weight is 710 g/mol. The molecule has 6 nitrogen and oxygen atoms in total. The number of allylic oxidation sites excluding steroid dienone is 2. The van der Waals surface area contributed by atoms with Crippen molar-refractivity contribution < 1.29 is 25.2 Å². The molecule has 0 spiro atoms. The average Bonchev–Trinajstić information content (AvgIpc) is 3.12. The Morgan fingerprint density at radius 1 is 0.480 bits per heavy atom. The molecule has 0 rings (SSSR count). The summed E-state index contributed by atoms with van der Waals surface area (Å²) in [6.45, 7) is 4.03. The van der Waals surface area contributed by atoms with Crippen molar-refractivity contribution in [1.29, 1.82) is 0 Å². The maximum atomic E-state index is 12.5. The molecule has 0 aromatic rings. The third-order valence-corrected chi connectivity index (χ3v) is 10.5. The van der Waals surface area contributed by atoms with Crippen LogP contribution in [0.5, 0.6) is 0 Å². The van der Waals surface area contributed by atoms with Crippen molar-refractivity contribution in [2.75, 3.05) is 6.61 Å². The largest absolute Gasteiger partial charge is 0.394 e. The molecule has 0 aliphatic rings. The van der Waals surface area contributed by atoms with Gasteiger partial charge in [-0.2, -0.15) is 0 Å². The second-order valence-corrected chi connectivity index (χ2v) is 15.4. The van der Waals surface area contributed by atoms with Gasteiger partial charge in [0.1, 0.15) is 12.2 Å². The van der Waals surface area contributed by atoms with E-state index in [1.807, 2.05) is 0 Å². The van der Waals surface area contributed by atoms with E-state index in [1.54, 1.807) is 0 Å². The lowest BCUT2D eigenvalue weighted by Gasteiger charge is -2.27. The lowest BCUT2D eigenvalue weighted by atomic mass is 10.00. The van der Waals surface area contributed by atoms with Crippen molar-refractivity contribution in [1.82, 2.24) is 5.32 Å². The molecule has 0 aliphatic carbocycles. The number of carbonyl (C=O) groups excluding carboxylic acids is 1. The normalized spacial score (nSPS) is 14.3. The fourth-order valence-corrected chi connectivity index (χ4v) is 6.93. The highest BCUT2D eigenvalue weighted by Crippen LogP contribution is 2.16. The van der Waals surface area contributed by atoms with E-state index in [0.717, 1.165) is 38.5 Å². The number of rotatable bonds is 40. The zero-order valence-corrected chi connectivity index (χ0v) is 33.4. The molecule has 0 fully saturated rings. The standard InChI is InChI=1S/C44H87NO5/c1-3-5-7-9-11-13-15-17-18-19-20-21-22-23-24-25-26-28-30-32-34-36-38-42(48)44(50)45-40(39-46)43(49)41(47)37-35-33-31-29-27-16-14-12-10-8-6-4-2/h29,31,40-43,46-49H,3-28,30,32-39H2,1-2H3,(H,45,50)/b31-29+/t40-,41+,42+,43-/m0/s1. The Hall–Kier alpha value is -0.950. The summed E-state index contributed by atoms with van der Waals surface area (Å²) in [5.41, 5.74) is 0. The number of aliphatic hydroxyl groups excluding tert-OH is 4. The van der Waals surface area contributed by atoms with Gasteiger partial charge < -0.3 is 25.7 Å². The van der Waals surface area contributed by atoms with Gasteiger partial charge in [0.15, 0.2) is 0 Å². The molecule has 298 valence electrons. The van der Waals surface area contributed by atoms with E-state index in [4.69, 9.17) is 0 Å². The van der Waals surface area contributed by atoms with Gasteiger partial charge in [-0.05, 0) is 38.5 Å². The molecule has 0 saturated heterocycles. The van der Waals surface area contributed by atoms with Gasteiger partial charge >= 0.3 is 0 Å². The van der Waals surface area contributed by atoms with Crippen molar-refractivity contribution in [3.63, 3.8) is 0 Å². The zero-order chi connectivity index (χ0) is 36.8. The van der Waals surface area contributed by atoms with Crippen molar-refractivity contribution in [3.05, 3.63) is 12.2 Å². The first kappa shape index (κ1) is 49.0. The molecule has 0 saturated carbocycles. The van der Waals surface area contributed by atoms with Gasteiger partial charge in [0, 0.05) is 0 Å². The molecule has 0 bridgehead atoms. The van der Waals surface area contributed by atoms with Crippen molar-refractivity contribution in [3.8, 4) is 0 Å². The molecule has 0 unspecified atom stereocenters. The number of carbonyl (C=O) groups is 1. The molecule has 0 heterocycles. The fourth-order valence-electron chi connectivity index (χ4n) is 6.93. The molecule has 4 atom stereocenters. The topological polar surface area (TPSA) is 110 Å². The Kier molecular flexibility index (Phi) is 38.5. The Morgan fingerprint density at radius 3 is 1.20 bits per heavy atom. The molecule has 0 aromatic carbocycles. The minimum atomic E-state index is -1.28. The van der Waals surface area contributed by atoms with Crippen LogP contribution in [0.3, 0.4) is 0 Å². The summed E-state index contributed by atoms with van der Waals surface area (Å²) >= 11 is 0. The van der Waals surface area contributed by atoms with E-state index in [2.05, 4.69) is 31.3 Å². The molecule has 0 radical (unpaired) electrons. The molecular weight excluding hydrogens is 622 g/mol. The number of unbranched alkanes of at least 4 members (excludes halogenated alkanes) is 29. The van der Waals surface area contributed by atoms with E-state index in [0.29, 0.717) is 12.8 Å². The van der Waals surface area contributed by atoms with E-state index < -0.39 is 36.9 Å². The summed E-state index contributed by atoms with van der Waals surface area (Å²) in [6.07, 6.45) is 42.5. The summed E-state index contributed by atoms with van der Waals surface area (Å²) in [6, 6.07) is -0.996. The fraction of sp³-hybridized carbons (Fsp3) is 0.932. The predicted octanol–water partition coefficient (Wildman–Crippen LogP) is 11.4. The third kappa shape index (κ3) is 32.9. The van der Waals surface area contributed by atoms with Crippen molar-refractivity contribution in [2.24, 2.45) is 0 Å². The molecule has 5 N–H and O–H groups in total. The summed E-state index contributed by atoms with van der Waals surface area (Å²) in [5.74, 6) is -0.591. The molecule has 6 heteroatoms. The Balaban J connectivity index is 3.69. The number of aliphatic hydroxyl groups is 4. The summed E-state index contributed by atoms with van der Waals surface area (Å²) in [5, 5.41) is 43.6. The Bertz CT molecular complexity index is 717. The highest BCUT2D eigenvalue weighted by molar-refractivity contribution is 5.80. The molecule has 0 aromatic heterocycles. The van der Waals surface area contributed by atoms with Crippen molar-refractivity contribution in [2.45, 2.75) is 257 Å². The molecular formula is C44H87NO5. The molecule has 1 amide bonds. The lowest BCUT2D eigenvalue weighted by molar-refractivity contribution is -0.132. The van der Waals surface area contributed by atoms with Crippen LogP contribution in [0, 0.1) is 0 Å². The third-order valence-electron chi connectivity index (χ3n) is 10.5. The number of hydrogen-bond acceptors (Lipinski definition) is 5. The SMILES string of the molecule is CCCCCCCCC/C=C/CCC[C@@H](O)[C@@H](O)[C@H](CO)NC(=O)[C@H](O)CCCCCCCCCCCCCCCCCCCCCCCC. The van der Waals surface area contributed by atoms with Gasteiger partial charge in [-0.15, -0.1) is 0 Å². The van der Waals surface area contributed by atoms with Crippen LogP contribution in [0.15, 0.2) is 12.2 Å². The van der Waals surface area contributed by atoms with Gasteiger partial charge in [0.25, 0.3) is 0 Å². The van der Waals surface area contributed by atoms with Crippen LogP contribution in [-0.4, -0.2) is 57.3 Å². The number of amides is 1. The monoisotopic (exact) mass is 710 g/mol. The maximum absolute atomic E-state index is 12.5. The van der Waals surface area contributed by atoms with Crippen LogP contribution in [0.1, 0.15) is 232 Å². The van der Waals surface area contributed by atoms with E-state index in [-0.39, 0.29) is 0 Å². The maximum Gasteiger partial charge on any atom is 0.249 e. The van der Waals surface area contributed by atoms with E-state index >= 15 is 0 Å². The first-order chi connectivity index (χ1) is 24.5. The second-order valence-electron chi connectivity index (χ2n) is 15.4. The smallest absolute Gasteiger partial charge is 0.249 e. The summed E-state index contributed by atoms with van der Waals surface area (Å²) in [7, 11) is 0. The minimum absolute atomic E-state index is 0.368. The number of nitrogens with one attached hydrogen (secondary N) is 1. The molecule has 50 heavy (non-hydrogen) atoms. The van der Waals surface area contributed by atoms with E-state index in [1.165, 1.54) is 167 Å². The quantitative estimate of drug-likeness (QED) is 0.0321. The highest BCUT2D eigenvalue weighted by Gasteiger charge is 2.28. The first-order valence-electron chi connectivity index (χ1n) is 22.1. The van der Waals surface area contributed by atoms with Crippen LogP contribution in [0.25, 0.3) is 0 Å². The molecule has 0 aliphatic heterocycles. The van der Waals surface area contributed by atoms with Gasteiger partial charge in [-0.3, -0.25) is 4.79 Å². The van der Waals surface area contributed by atoms with Gasteiger partial charge in [-0.25, -0.2) is 0 Å². The van der Waals surface area contributed by atoms with Gasteiger partial charge in [0.2, 0.25) is 5.91 Å². The highest BCUT2D eigenvalue weighted by atomic mass is 16.3. The van der Waals surface area contributed by atoms with Crippen LogP contribution in [0.4, 0.5) is 0 Å². The first-order valence-corrected chi connectivity index (χ1v) is 22.1.